The van der Waals surface area contributed by atoms with Gasteiger partial charge in [-0.15, -0.1) is 0 Å². The SMILES string of the molecule is CN(CCO)c1nc(Nc2ccc(-c3nc(Nc4ccccc4)nc(N(C)CCO)n3)cc2)nc(Nc2ccc(/C=C/c3ccccc3S(=O)(=O)[O-])c(S(=O)(=O)[O-])c2)n1.[Na+].[Na+]. The molecule has 0 aliphatic carbocycles. The molecular weight excluding hydrogens is 849 g/mol. The van der Waals surface area contributed by atoms with E-state index in [-0.39, 0.29) is 114 Å². The van der Waals surface area contributed by atoms with Crippen LogP contribution in [0.1, 0.15) is 11.1 Å². The van der Waals surface area contributed by atoms with Crippen molar-refractivity contribution < 1.29 is 95.3 Å². The summed E-state index contributed by atoms with van der Waals surface area (Å²) in [5, 5.41) is 28.3. The van der Waals surface area contributed by atoms with Gasteiger partial charge in [-0.1, -0.05) is 54.6 Å². The van der Waals surface area contributed by atoms with Gasteiger partial charge < -0.3 is 45.1 Å². The summed E-state index contributed by atoms with van der Waals surface area (Å²) in [6.07, 6.45) is 2.44. The number of rotatable bonds is 17. The normalized spacial score (nSPS) is 11.3. The summed E-state index contributed by atoms with van der Waals surface area (Å²) in [6, 6.07) is 25.6. The monoisotopic (exact) mass is 885 g/mol. The molecule has 0 radical (unpaired) electrons. The first-order valence-electron chi connectivity index (χ1n) is 17.7. The van der Waals surface area contributed by atoms with Crippen LogP contribution in [0.2, 0.25) is 0 Å². The number of hydrogen-bond donors (Lipinski definition) is 5. The molecule has 6 rings (SSSR count). The topological polar surface area (TPSA) is 275 Å². The van der Waals surface area contributed by atoms with Crippen molar-refractivity contribution in [3.05, 3.63) is 108 Å². The number of likely N-dealkylation sites (N-methyl/N-ethyl adjacent to an activating group) is 2. The fourth-order valence-electron chi connectivity index (χ4n) is 5.47. The molecule has 0 atom stereocenters. The third-order valence-electron chi connectivity index (χ3n) is 8.40. The van der Waals surface area contributed by atoms with Crippen molar-refractivity contribution in [2.75, 3.05) is 66.1 Å². The summed E-state index contributed by atoms with van der Waals surface area (Å²) in [4.78, 5) is 29.2. The predicted octanol–water partition coefficient (Wildman–Crippen LogP) is -2.20. The molecule has 2 heterocycles. The van der Waals surface area contributed by atoms with Gasteiger partial charge in [0.2, 0.25) is 29.7 Å². The van der Waals surface area contributed by atoms with Gasteiger partial charge in [0.25, 0.3) is 0 Å². The van der Waals surface area contributed by atoms with Crippen molar-refractivity contribution in [3.63, 3.8) is 0 Å². The Balaban J connectivity index is 0.00000410. The van der Waals surface area contributed by atoms with Crippen LogP contribution in [0.25, 0.3) is 23.5 Å². The van der Waals surface area contributed by atoms with E-state index in [0.717, 1.165) is 17.8 Å². The van der Waals surface area contributed by atoms with Crippen LogP contribution in [-0.4, -0.2) is 106 Å². The second-order valence-electron chi connectivity index (χ2n) is 12.7. The van der Waals surface area contributed by atoms with Gasteiger partial charge >= 0.3 is 59.1 Å². The number of para-hydroxylation sites is 1. The van der Waals surface area contributed by atoms with Gasteiger partial charge in [0, 0.05) is 49.8 Å². The zero-order chi connectivity index (χ0) is 42.2. The number of aliphatic hydroxyl groups is 2. The van der Waals surface area contributed by atoms with Crippen LogP contribution in [0.5, 0.6) is 0 Å². The van der Waals surface area contributed by atoms with Crippen LogP contribution in [-0.2, 0) is 20.2 Å². The third-order valence-corrected chi connectivity index (χ3v) is 10.2. The van der Waals surface area contributed by atoms with Crippen LogP contribution in [0.3, 0.4) is 0 Å². The van der Waals surface area contributed by atoms with E-state index in [1.54, 1.807) is 48.2 Å². The third kappa shape index (κ3) is 13.4. The minimum Gasteiger partial charge on any atom is -0.744 e. The first-order valence-corrected chi connectivity index (χ1v) is 20.5. The Kier molecular flexibility index (Phi) is 17.6. The van der Waals surface area contributed by atoms with Crippen LogP contribution in [0.15, 0.2) is 107 Å². The smallest absolute Gasteiger partial charge is 0.744 e. The molecule has 0 spiro atoms. The van der Waals surface area contributed by atoms with Crippen molar-refractivity contribution >= 4 is 79.2 Å². The summed E-state index contributed by atoms with van der Waals surface area (Å²) in [6.45, 7) is 0.149. The molecule has 4 aromatic carbocycles. The molecule has 19 nitrogen and oxygen atoms in total. The molecule has 0 saturated heterocycles. The van der Waals surface area contributed by atoms with E-state index in [9.17, 15) is 36.2 Å². The number of anilines is 8. The van der Waals surface area contributed by atoms with E-state index in [1.165, 1.54) is 42.5 Å². The Morgan fingerprint density at radius 3 is 1.57 bits per heavy atom. The van der Waals surface area contributed by atoms with E-state index in [0.29, 0.717) is 35.5 Å². The summed E-state index contributed by atoms with van der Waals surface area (Å²) >= 11 is 0. The average molecular weight is 886 g/mol. The van der Waals surface area contributed by atoms with Gasteiger partial charge in [-0.3, -0.25) is 0 Å². The maximum absolute atomic E-state index is 12.4. The van der Waals surface area contributed by atoms with Crippen LogP contribution in [0.4, 0.5) is 46.8 Å². The summed E-state index contributed by atoms with van der Waals surface area (Å²) in [7, 11) is -6.50. The zero-order valence-electron chi connectivity index (χ0n) is 33.5. The second-order valence-corrected chi connectivity index (χ2v) is 15.4. The molecule has 0 saturated carbocycles. The number of aliphatic hydroxyl groups excluding tert-OH is 2. The van der Waals surface area contributed by atoms with E-state index in [2.05, 4.69) is 45.9 Å². The zero-order valence-corrected chi connectivity index (χ0v) is 39.1. The molecular formula is C38H37N11Na2O8S2. The molecule has 306 valence electrons. The summed E-state index contributed by atoms with van der Waals surface area (Å²) < 4.78 is 72.3. The summed E-state index contributed by atoms with van der Waals surface area (Å²) in [5.41, 5.74) is 2.03. The number of nitrogens with zero attached hydrogens (tertiary/aromatic N) is 8. The van der Waals surface area contributed by atoms with Crippen LogP contribution in [0, 0.1) is 0 Å². The van der Waals surface area contributed by atoms with Crippen molar-refractivity contribution in [1.29, 1.82) is 0 Å². The molecule has 0 fully saturated rings. The Hall–Kier alpha value is -4.62. The standard InChI is InChI=1S/C38H39N11O8S2.2Na/c1-48(20-22-50)37-43-33(42-34(45-37)39-28-9-4-3-5-10-28)27-15-17-29(18-16-27)40-35-44-36(47-38(46-35)49(2)21-23-51)41-30-19-14-26(32(24-30)59(55,56)57)13-12-25-8-6-7-11-31(25)58(52,53)54;;/h3-19,24,50-51H,20-23H2,1-2H3,(H,52,53,54)(H,55,56,57)(H,39,42,43,45)(H2,40,41,44,46,47);;/q;2*+1/p-2/b13-12+;;. The van der Waals surface area contributed by atoms with E-state index in [4.69, 9.17) is 0 Å². The minimum absolute atomic E-state index is 0. The average Bonchev–Trinajstić information content (AvgIpc) is 3.20. The Morgan fingerprint density at radius 2 is 1.02 bits per heavy atom. The minimum atomic E-state index is -5.07. The van der Waals surface area contributed by atoms with Crippen molar-refractivity contribution in [1.82, 2.24) is 29.9 Å². The number of benzene rings is 4. The van der Waals surface area contributed by atoms with Crippen LogP contribution < -0.4 is 84.9 Å². The Morgan fingerprint density at radius 1 is 0.557 bits per heavy atom. The van der Waals surface area contributed by atoms with Crippen molar-refractivity contribution in [3.8, 4) is 11.4 Å². The van der Waals surface area contributed by atoms with E-state index in [1.807, 2.05) is 30.3 Å². The molecule has 5 N–H and O–H groups in total. The maximum Gasteiger partial charge on any atom is 1.00 e. The number of hydrogen-bond acceptors (Lipinski definition) is 19. The molecule has 0 bridgehead atoms. The number of nitrogens with one attached hydrogen (secondary N) is 3. The molecule has 61 heavy (non-hydrogen) atoms. The van der Waals surface area contributed by atoms with Gasteiger partial charge in [-0.25, -0.2) is 16.8 Å². The first-order chi connectivity index (χ1) is 28.2. The maximum atomic E-state index is 12.4. The summed E-state index contributed by atoms with van der Waals surface area (Å²) in [5.74, 6) is 1.18. The van der Waals surface area contributed by atoms with Gasteiger partial charge in [-0.05, 0) is 65.7 Å². The second kappa shape index (κ2) is 21.9. The largest absolute Gasteiger partial charge is 1.00 e. The molecule has 2 aromatic heterocycles. The van der Waals surface area contributed by atoms with Gasteiger partial charge in [0.15, 0.2) is 5.82 Å². The van der Waals surface area contributed by atoms with Gasteiger partial charge in [-0.2, -0.15) is 29.9 Å². The molecule has 6 aromatic rings. The molecule has 0 aliphatic rings. The Bertz CT molecular complexity index is 2690. The van der Waals surface area contributed by atoms with Gasteiger partial charge in [0.1, 0.15) is 20.2 Å². The van der Waals surface area contributed by atoms with Crippen molar-refractivity contribution in [2.45, 2.75) is 9.79 Å². The van der Waals surface area contributed by atoms with Gasteiger partial charge in [0.05, 0.1) is 23.0 Å². The molecule has 23 heteroatoms. The molecule has 0 amide bonds. The van der Waals surface area contributed by atoms with Crippen LogP contribution >= 0.6 is 0 Å². The molecule has 0 unspecified atom stereocenters. The van der Waals surface area contributed by atoms with Crippen molar-refractivity contribution in [2.24, 2.45) is 0 Å². The Labute approximate surface area is 396 Å². The quantitative estimate of drug-likeness (QED) is 0.0369. The fraction of sp³-hybridized carbons (Fsp3) is 0.158. The first kappa shape index (κ1) is 49.0. The van der Waals surface area contributed by atoms with E-state index < -0.39 is 30.0 Å². The molecule has 0 aliphatic heterocycles. The predicted molar refractivity (Wildman–Crippen MR) is 220 cm³/mol. The number of aromatic nitrogens is 6. The fourth-order valence-corrected chi connectivity index (χ4v) is 6.84. The van der Waals surface area contributed by atoms with E-state index >= 15 is 0 Å².